The van der Waals surface area contributed by atoms with Gasteiger partial charge in [-0.25, -0.2) is 12.4 Å². The molecule has 0 unspecified atom stereocenters. The first-order chi connectivity index (χ1) is 13.0. The summed E-state index contributed by atoms with van der Waals surface area (Å²) in [4.78, 5) is 0.228. The SMILES string of the molecule is Cc1ccc(C)n1S(=O)(=O)c1ccc(-c2[c]onc2-c2ccccc2)cc1. The molecule has 2 aromatic heterocycles. The van der Waals surface area contributed by atoms with Crippen molar-refractivity contribution in [2.45, 2.75) is 18.7 Å². The maximum Gasteiger partial charge on any atom is 0.268 e. The largest absolute Gasteiger partial charge is 0.351 e. The summed E-state index contributed by atoms with van der Waals surface area (Å²) in [6.45, 7) is 3.55. The van der Waals surface area contributed by atoms with E-state index in [0.717, 1.165) is 11.1 Å². The summed E-state index contributed by atoms with van der Waals surface area (Å²) in [6, 6.07) is 19.9. The van der Waals surface area contributed by atoms with Gasteiger partial charge in [-0.05, 0) is 43.7 Å². The maximum atomic E-state index is 12.9. The van der Waals surface area contributed by atoms with Crippen molar-refractivity contribution in [2.24, 2.45) is 0 Å². The van der Waals surface area contributed by atoms with Gasteiger partial charge in [0.05, 0.1) is 10.5 Å². The summed E-state index contributed by atoms with van der Waals surface area (Å²) in [5.74, 6) is 0. The van der Waals surface area contributed by atoms with Crippen LogP contribution in [0.5, 0.6) is 0 Å². The zero-order valence-corrected chi connectivity index (χ0v) is 15.7. The molecule has 2 aromatic carbocycles. The summed E-state index contributed by atoms with van der Waals surface area (Å²) >= 11 is 0. The van der Waals surface area contributed by atoms with Crippen LogP contribution in [-0.2, 0) is 10.0 Å². The van der Waals surface area contributed by atoms with Gasteiger partial charge in [-0.15, -0.1) is 0 Å². The van der Waals surface area contributed by atoms with Crippen LogP contribution in [0, 0.1) is 20.1 Å². The molecule has 0 spiro atoms. The van der Waals surface area contributed by atoms with E-state index in [1.807, 2.05) is 30.3 Å². The average Bonchev–Trinajstić information content (AvgIpc) is 3.29. The Morgan fingerprint density at radius 1 is 0.852 bits per heavy atom. The van der Waals surface area contributed by atoms with Gasteiger partial charge in [0.2, 0.25) is 6.26 Å². The fraction of sp³-hybridized carbons (Fsp3) is 0.0952. The van der Waals surface area contributed by atoms with E-state index in [1.54, 1.807) is 50.2 Å². The minimum absolute atomic E-state index is 0.228. The molecule has 0 fully saturated rings. The highest BCUT2D eigenvalue weighted by Gasteiger charge is 2.21. The zero-order chi connectivity index (χ0) is 19.0. The average molecular weight is 377 g/mol. The lowest BCUT2D eigenvalue weighted by atomic mass is 10.0. The van der Waals surface area contributed by atoms with E-state index >= 15 is 0 Å². The molecule has 5 nitrogen and oxygen atoms in total. The second-order valence-electron chi connectivity index (χ2n) is 6.28. The number of rotatable bonds is 4. The predicted molar refractivity (Wildman–Crippen MR) is 103 cm³/mol. The first-order valence-electron chi connectivity index (χ1n) is 8.42. The Morgan fingerprint density at radius 2 is 1.48 bits per heavy atom. The van der Waals surface area contributed by atoms with Crippen molar-refractivity contribution in [3.8, 4) is 22.4 Å². The Kier molecular flexibility index (Phi) is 4.20. The molecule has 0 aliphatic heterocycles. The van der Waals surface area contributed by atoms with Crippen LogP contribution in [-0.4, -0.2) is 17.5 Å². The smallest absolute Gasteiger partial charge is 0.268 e. The van der Waals surface area contributed by atoms with Crippen molar-refractivity contribution in [3.05, 3.63) is 84.4 Å². The molecule has 4 aromatic rings. The van der Waals surface area contributed by atoms with Crippen LogP contribution in [0.4, 0.5) is 0 Å². The topological polar surface area (TPSA) is 65.1 Å². The zero-order valence-electron chi connectivity index (χ0n) is 14.9. The Hall–Kier alpha value is -3.12. The first kappa shape index (κ1) is 17.3. The minimum Gasteiger partial charge on any atom is -0.351 e. The monoisotopic (exact) mass is 377 g/mol. The van der Waals surface area contributed by atoms with E-state index < -0.39 is 10.0 Å². The summed E-state index contributed by atoms with van der Waals surface area (Å²) in [6.07, 6.45) is 2.78. The number of benzene rings is 2. The second-order valence-corrected chi connectivity index (χ2v) is 8.07. The van der Waals surface area contributed by atoms with Crippen molar-refractivity contribution in [1.82, 2.24) is 9.13 Å². The van der Waals surface area contributed by atoms with E-state index in [4.69, 9.17) is 4.52 Å². The Balaban J connectivity index is 1.74. The normalized spacial score (nSPS) is 11.6. The maximum absolute atomic E-state index is 12.9. The molecular formula is C21H17N2O3S. The summed E-state index contributed by atoms with van der Waals surface area (Å²) in [5.41, 5.74) is 4.41. The fourth-order valence-electron chi connectivity index (χ4n) is 3.13. The number of hydrogen-bond acceptors (Lipinski definition) is 4. The Morgan fingerprint density at radius 3 is 2.11 bits per heavy atom. The summed E-state index contributed by atoms with van der Waals surface area (Å²) < 4.78 is 32.3. The highest BCUT2D eigenvalue weighted by Crippen LogP contribution is 2.31. The number of aromatic nitrogens is 2. The quantitative estimate of drug-likeness (QED) is 0.526. The molecular weight excluding hydrogens is 360 g/mol. The predicted octanol–water partition coefficient (Wildman–Crippen LogP) is 4.46. The molecule has 6 heteroatoms. The van der Waals surface area contributed by atoms with Crippen LogP contribution < -0.4 is 0 Å². The van der Waals surface area contributed by atoms with E-state index in [9.17, 15) is 8.42 Å². The fourth-order valence-corrected chi connectivity index (χ4v) is 4.70. The Labute approximate surface area is 157 Å². The van der Waals surface area contributed by atoms with Gasteiger partial charge in [0.1, 0.15) is 5.69 Å². The molecule has 0 N–H and O–H groups in total. The third kappa shape index (κ3) is 2.98. The van der Waals surface area contributed by atoms with E-state index in [2.05, 4.69) is 11.4 Å². The molecule has 0 amide bonds. The number of nitrogens with zero attached hydrogens (tertiary/aromatic N) is 2. The molecule has 27 heavy (non-hydrogen) atoms. The van der Waals surface area contributed by atoms with Gasteiger partial charge in [-0.1, -0.05) is 47.6 Å². The van der Waals surface area contributed by atoms with Crippen LogP contribution in [0.25, 0.3) is 22.4 Å². The van der Waals surface area contributed by atoms with Crippen molar-refractivity contribution in [3.63, 3.8) is 0 Å². The van der Waals surface area contributed by atoms with Crippen molar-refractivity contribution < 1.29 is 12.9 Å². The summed E-state index contributed by atoms with van der Waals surface area (Å²) in [7, 11) is -3.64. The van der Waals surface area contributed by atoms with Gasteiger partial charge in [-0.3, -0.25) is 0 Å². The van der Waals surface area contributed by atoms with Gasteiger partial charge in [0.15, 0.2) is 0 Å². The van der Waals surface area contributed by atoms with Crippen LogP contribution >= 0.6 is 0 Å². The third-order valence-corrected chi connectivity index (χ3v) is 6.38. The van der Waals surface area contributed by atoms with Crippen LogP contribution in [0.2, 0.25) is 0 Å². The van der Waals surface area contributed by atoms with E-state index in [-0.39, 0.29) is 4.90 Å². The van der Waals surface area contributed by atoms with Crippen LogP contribution in [0.1, 0.15) is 11.4 Å². The lowest BCUT2D eigenvalue weighted by molar-refractivity contribution is 0.416. The van der Waals surface area contributed by atoms with Gasteiger partial charge >= 0.3 is 0 Å². The molecule has 2 heterocycles. The second kappa shape index (κ2) is 6.55. The van der Waals surface area contributed by atoms with Gasteiger partial charge < -0.3 is 4.52 Å². The first-order valence-corrected chi connectivity index (χ1v) is 9.86. The van der Waals surface area contributed by atoms with Crippen LogP contribution in [0.15, 0.2) is 76.1 Å². The molecule has 4 rings (SSSR count). The van der Waals surface area contributed by atoms with Crippen LogP contribution in [0.3, 0.4) is 0 Å². The number of hydrogen-bond donors (Lipinski definition) is 0. The van der Waals surface area contributed by atoms with Gasteiger partial charge in [0.25, 0.3) is 10.0 Å². The lowest BCUT2D eigenvalue weighted by Crippen LogP contribution is -2.15. The van der Waals surface area contributed by atoms with E-state index in [1.165, 1.54) is 3.97 Å². The molecule has 0 aliphatic carbocycles. The lowest BCUT2D eigenvalue weighted by Gasteiger charge is -2.11. The number of aryl methyl sites for hydroxylation is 2. The molecule has 0 bridgehead atoms. The molecule has 135 valence electrons. The van der Waals surface area contributed by atoms with Crippen molar-refractivity contribution in [1.29, 1.82) is 0 Å². The third-order valence-electron chi connectivity index (χ3n) is 4.46. The van der Waals surface area contributed by atoms with Crippen molar-refractivity contribution >= 4 is 10.0 Å². The molecule has 0 atom stereocenters. The highest BCUT2D eigenvalue weighted by atomic mass is 32.2. The Bertz CT molecular complexity index is 1170. The standard InChI is InChI=1S/C21H17N2O3S/c1-15-8-9-16(2)23(15)27(24,25)19-12-10-17(11-13-19)20-14-26-22-21(20)18-6-4-3-5-7-18/h3-13H,1-2H3. The molecule has 1 radical (unpaired) electrons. The molecule has 0 saturated heterocycles. The summed E-state index contributed by atoms with van der Waals surface area (Å²) in [5, 5.41) is 4.04. The van der Waals surface area contributed by atoms with Gasteiger partial charge in [0, 0.05) is 17.0 Å². The van der Waals surface area contributed by atoms with Gasteiger partial charge in [-0.2, -0.15) is 0 Å². The molecule has 0 saturated carbocycles. The molecule has 0 aliphatic rings. The van der Waals surface area contributed by atoms with Crippen molar-refractivity contribution in [2.75, 3.05) is 0 Å². The highest BCUT2D eigenvalue weighted by molar-refractivity contribution is 7.90. The minimum atomic E-state index is -3.64. The van der Waals surface area contributed by atoms with E-state index in [0.29, 0.717) is 22.6 Å².